The summed E-state index contributed by atoms with van der Waals surface area (Å²) in [5.74, 6) is -1.03. The fourth-order valence-electron chi connectivity index (χ4n) is 1.19. The summed E-state index contributed by atoms with van der Waals surface area (Å²) in [6, 6.07) is 7.36. The minimum absolute atomic E-state index is 0.252. The maximum absolute atomic E-state index is 11.8. The van der Waals surface area contributed by atoms with Crippen molar-refractivity contribution in [3.63, 3.8) is 0 Å². The van der Waals surface area contributed by atoms with E-state index in [2.05, 4.69) is 12.1 Å². The Bertz CT molecular complexity index is 495. The molecule has 4 heteroatoms. The van der Waals surface area contributed by atoms with E-state index in [-0.39, 0.29) is 5.57 Å². The van der Waals surface area contributed by atoms with Crippen LogP contribution in [0.1, 0.15) is 31.9 Å². The van der Waals surface area contributed by atoms with Gasteiger partial charge in [0.15, 0.2) is 0 Å². The zero-order valence-corrected chi connectivity index (χ0v) is 11.7. The Kier molecular flexibility index (Phi) is 4.48. The van der Waals surface area contributed by atoms with Crippen molar-refractivity contribution in [2.75, 3.05) is 0 Å². The lowest BCUT2D eigenvalue weighted by molar-refractivity contribution is -0.164. The molecule has 0 heterocycles. The highest BCUT2D eigenvalue weighted by Crippen LogP contribution is 2.16. The number of hydrogen-bond donors (Lipinski definition) is 1. The molecule has 0 atom stereocenters. The zero-order valence-electron chi connectivity index (χ0n) is 11.7. The molecule has 1 aromatic rings. The van der Waals surface area contributed by atoms with Gasteiger partial charge in [0.2, 0.25) is 0 Å². The summed E-state index contributed by atoms with van der Waals surface area (Å²) < 4.78 is 0. The number of hydroxylamine groups is 1. The van der Waals surface area contributed by atoms with Crippen molar-refractivity contribution >= 4 is 17.4 Å². The predicted octanol–water partition coefficient (Wildman–Crippen LogP) is 2.63. The van der Waals surface area contributed by atoms with Crippen LogP contribution >= 0.6 is 0 Å². The minimum atomic E-state index is -0.668. The third-order valence-corrected chi connectivity index (χ3v) is 2.52. The number of nitrogens with one attached hydrogen (secondary N) is 1. The van der Waals surface area contributed by atoms with Crippen molar-refractivity contribution in [1.82, 2.24) is 5.48 Å². The van der Waals surface area contributed by atoms with E-state index >= 15 is 0 Å². The van der Waals surface area contributed by atoms with E-state index in [4.69, 9.17) is 4.84 Å². The van der Waals surface area contributed by atoms with Gasteiger partial charge < -0.3 is 4.84 Å². The molecule has 4 nitrogen and oxygen atoms in total. The largest absolute Gasteiger partial charge is 0.340 e. The van der Waals surface area contributed by atoms with E-state index in [0.29, 0.717) is 5.56 Å². The van der Waals surface area contributed by atoms with Crippen LogP contribution < -0.4 is 5.48 Å². The third-order valence-electron chi connectivity index (χ3n) is 2.52. The molecule has 0 saturated heterocycles. The lowest BCUT2D eigenvalue weighted by atomic mass is 9.98. The van der Waals surface area contributed by atoms with Crippen LogP contribution in [-0.4, -0.2) is 11.9 Å². The Balaban J connectivity index is 2.62. The Morgan fingerprint density at radius 3 is 2.16 bits per heavy atom. The molecule has 0 spiro atoms. The van der Waals surface area contributed by atoms with Crippen molar-refractivity contribution < 1.29 is 14.4 Å². The monoisotopic (exact) mass is 261 g/mol. The lowest BCUT2D eigenvalue weighted by Gasteiger charge is -2.16. The van der Waals surface area contributed by atoms with Gasteiger partial charge in [-0.25, -0.2) is 4.79 Å². The van der Waals surface area contributed by atoms with Crippen molar-refractivity contribution in [1.29, 1.82) is 0 Å². The molecular weight excluding hydrogens is 242 g/mol. The summed E-state index contributed by atoms with van der Waals surface area (Å²) in [5.41, 5.74) is 3.48. The van der Waals surface area contributed by atoms with Crippen LogP contribution in [0.25, 0.3) is 5.57 Å². The third kappa shape index (κ3) is 4.25. The maximum Gasteiger partial charge on any atom is 0.337 e. The van der Waals surface area contributed by atoms with Crippen molar-refractivity contribution in [3.05, 3.63) is 42.0 Å². The molecular formula is C15H19NO3. The molecule has 1 N–H and O–H groups in total. The van der Waals surface area contributed by atoms with Gasteiger partial charge in [-0.15, -0.1) is 0 Å². The average Bonchev–Trinajstić information content (AvgIpc) is 2.34. The molecule has 102 valence electrons. The van der Waals surface area contributed by atoms with E-state index < -0.39 is 17.3 Å². The summed E-state index contributed by atoms with van der Waals surface area (Å²) in [6.07, 6.45) is 0. The second-order valence-electron chi connectivity index (χ2n) is 5.42. The van der Waals surface area contributed by atoms with E-state index in [0.717, 1.165) is 5.56 Å². The van der Waals surface area contributed by atoms with Gasteiger partial charge in [-0.1, -0.05) is 36.4 Å². The van der Waals surface area contributed by atoms with Crippen LogP contribution in [0.4, 0.5) is 0 Å². The van der Waals surface area contributed by atoms with Gasteiger partial charge >= 0.3 is 5.97 Å². The number of amides is 1. The smallest absolute Gasteiger partial charge is 0.337 e. The first-order valence-electron chi connectivity index (χ1n) is 5.99. The van der Waals surface area contributed by atoms with E-state index in [9.17, 15) is 9.59 Å². The second kappa shape index (κ2) is 5.69. The Labute approximate surface area is 113 Å². The highest BCUT2D eigenvalue weighted by molar-refractivity contribution is 6.18. The van der Waals surface area contributed by atoms with E-state index in [1.54, 1.807) is 32.9 Å². The van der Waals surface area contributed by atoms with E-state index in [1.807, 2.05) is 19.1 Å². The summed E-state index contributed by atoms with van der Waals surface area (Å²) in [6.45, 7) is 10.8. The van der Waals surface area contributed by atoms with Crippen molar-refractivity contribution in [3.8, 4) is 0 Å². The average molecular weight is 261 g/mol. The number of rotatable bonds is 2. The molecule has 0 aliphatic rings. The van der Waals surface area contributed by atoms with Crippen molar-refractivity contribution in [2.24, 2.45) is 5.41 Å². The minimum Gasteiger partial charge on any atom is -0.340 e. The molecule has 0 saturated carbocycles. The fraction of sp³-hybridized carbons (Fsp3) is 0.333. The van der Waals surface area contributed by atoms with Crippen LogP contribution in [0.5, 0.6) is 0 Å². The van der Waals surface area contributed by atoms with Gasteiger partial charge in [-0.05, 0) is 33.3 Å². The highest BCUT2D eigenvalue weighted by Gasteiger charge is 2.24. The number of aryl methyl sites for hydroxylation is 1. The lowest BCUT2D eigenvalue weighted by Crippen LogP contribution is -2.33. The molecule has 0 bridgehead atoms. The SMILES string of the molecule is C=C(C(=O)NOC(=O)C(C)(C)C)c1ccc(C)cc1. The number of hydrogen-bond acceptors (Lipinski definition) is 3. The van der Waals surface area contributed by atoms with Gasteiger partial charge in [-0.3, -0.25) is 4.79 Å². The Morgan fingerprint density at radius 2 is 1.68 bits per heavy atom. The molecule has 0 aliphatic heterocycles. The van der Waals surface area contributed by atoms with Gasteiger partial charge in [-0.2, -0.15) is 5.48 Å². The molecule has 0 fully saturated rings. The second-order valence-corrected chi connectivity index (χ2v) is 5.42. The first-order chi connectivity index (χ1) is 8.71. The van der Waals surface area contributed by atoms with Gasteiger partial charge in [0, 0.05) is 5.57 Å². The molecule has 1 rings (SSSR count). The zero-order chi connectivity index (χ0) is 14.6. The molecule has 0 aromatic heterocycles. The van der Waals surface area contributed by atoms with Crippen molar-refractivity contribution in [2.45, 2.75) is 27.7 Å². The van der Waals surface area contributed by atoms with Crippen LogP contribution in [0.2, 0.25) is 0 Å². The van der Waals surface area contributed by atoms with E-state index in [1.165, 1.54) is 0 Å². The molecule has 1 amide bonds. The van der Waals surface area contributed by atoms with Gasteiger partial charge in [0.1, 0.15) is 0 Å². The van der Waals surface area contributed by atoms with Gasteiger partial charge in [0.05, 0.1) is 5.41 Å². The van der Waals surface area contributed by atoms with Gasteiger partial charge in [0.25, 0.3) is 5.91 Å². The fourth-order valence-corrected chi connectivity index (χ4v) is 1.19. The van der Waals surface area contributed by atoms with Crippen LogP contribution in [0.3, 0.4) is 0 Å². The molecule has 1 aromatic carbocycles. The molecule has 0 unspecified atom stereocenters. The highest BCUT2D eigenvalue weighted by atomic mass is 16.7. The number of benzene rings is 1. The Hall–Kier alpha value is -2.10. The molecule has 0 radical (unpaired) electrons. The summed E-state index contributed by atoms with van der Waals surface area (Å²) in [4.78, 5) is 28.0. The standard InChI is InChI=1S/C15H19NO3/c1-10-6-8-12(9-7-10)11(2)13(17)16-19-14(18)15(3,4)5/h6-9H,2H2,1,3-5H3,(H,16,17). The first kappa shape index (κ1) is 15.0. The quantitative estimate of drug-likeness (QED) is 0.657. The maximum atomic E-state index is 11.8. The predicted molar refractivity (Wildman–Crippen MR) is 73.9 cm³/mol. The first-order valence-corrected chi connectivity index (χ1v) is 5.99. The summed E-state index contributed by atoms with van der Waals surface area (Å²) in [7, 11) is 0. The topological polar surface area (TPSA) is 55.4 Å². The summed E-state index contributed by atoms with van der Waals surface area (Å²) in [5, 5.41) is 0. The van der Waals surface area contributed by atoms with Crippen LogP contribution in [0, 0.1) is 12.3 Å². The molecule has 0 aliphatic carbocycles. The molecule has 19 heavy (non-hydrogen) atoms. The number of carbonyl (C=O) groups excluding carboxylic acids is 2. The number of carbonyl (C=O) groups is 2. The normalized spacial score (nSPS) is 10.7. The van der Waals surface area contributed by atoms with Crippen LogP contribution in [0.15, 0.2) is 30.8 Å². The summed E-state index contributed by atoms with van der Waals surface area (Å²) >= 11 is 0. The Morgan fingerprint density at radius 1 is 1.16 bits per heavy atom. The van der Waals surface area contributed by atoms with Crippen LogP contribution in [-0.2, 0) is 14.4 Å².